The van der Waals surface area contributed by atoms with Gasteiger partial charge in [-0.05, 0) is 84.0 Å². The molecule has 0 spiro atoms. The van der Waals surface area contributed by atoms with Gasteiger partial charge in [-0.2, -0.15) is 13.2 Å². The number of benzene rings is 3. The van der Waals surface area contributed by atoms with Gasteiger partial charge >= 0.3 is 6.18 Å². The topological polar surface area (TPSA) is 41.5 Å². The largest absolute Gasteiger partial charge is 0.391 e. The molecule has 0 bridgehead atoms. The molecule has 3 aromatic rings. The van der Waals surface area contributed by atoms with Crippen LogP contribution in [0, 0.1) is 5.92 Å². The Labute approximate surface area is 222 Å². The fraction of sp³-hybridized carbons (Fsp3) is 0.241. The first-order valence-electron chi connectivity index (χ1n) is 12.0. The SMILES string of the molecule is O=C1C=C(NC2CCC(C(F)(F)F)CC2)c2cc(=C(c3ccc(Cl)cc3)c3ccc(Cl)cc3)ccc2=N1. The molecule has 0 unspecified atom stereocenters. The molecule has 1 amide bonds. The van der Waals surface area contributed by atoms with E-state index in [9.17, 15) is 18.0 Å². The monoisotopic (exact) mass is 542 g/mol. The average molecular weight is 543 g/mol. The summed E-state index contributed by atoms with van der Waals surface area (Å²) >= 11 is 12.3. The van der Waals surface area contributed by atoms with Crippen molar-refractivity contribution in [2.45, 2.75) is 37.9 Å². The van der Waals surface area contributed by atoms with Crippen LogP contribution in [0.15, 0.2) is 77.8 Å². The Bertz CT molecular complexity index is 1420. The second-order valence-corrected chi connectivity index (χ2v) is 10.2. The average Bonchev–Trinajstić information content (AvgIpc) is 2.86. The molecule has 1 saturated carbocycles. The predicted octanol–water partition coefficient (Wildman–Crippen LogP) is 6.45. The highest BCUT2D eigenvalue weighted by Crippen LogP contribution is 2.38. The second kappa shape index (κ2) is 10.3. The second-order valence-electron chi connectivity index (χ2n) is 9.36. The van der Waals surface area contributed by atoms with Gasteiger partial charge in [0, 0.05) is 33.4 Å². The van der Waals surface area contributed by atoms with Gasteiger partial charge in [0.1, 0.15) is 0 Å². The van der Waals surface area contributed by atoms with Gasteiger partial charge in [-0.15, -0.1) is 0 Å². The van der Waals surface area contributed by atoms with Crippen molar-refractivity contribution in [2.75, 3.05) is 0 Å². The summed E-state index contributed by atoms with van der Waals surface area (Å²) in [5.74, 6) is -1.66. The summed E-state index contributed by atoms with van der Waals surface area (Å²) in [4.78, 5) is 16.5. The summed E-state index contributed by atoms with van der Waals surface area (Å²) in [6.07, 6.45) is -1.83. The van der Waals surface area contributed by atoms with Crippen molar-refractivity contribution in [3.63, 3.8) is 0 Å². The Balaban J connectivity index is 1.56. The van der Waals surface area contributed by atoms with Gasteiger partial charge in [-0.25, -0.2) is 4.99 Å². The molecule has 1 fully saturated rings. The van der Waals surface area contributed by atoms with E-state index in [1.165, 1.54) is 6.08 Å². The smallest absolute Gasteiger partial charge is 0.382 e. The minimum atomic E-state index is -4.17. The highest BCUT2D eigenvalue weighted by molar-refractivity contribution is 6.31. The van der Waals surface area contributed by atoms with Gasteiger partial charge < -0.3 is 5.32 Å². The van der Waals surface area contributed by atoms with E-state index in [1.807, 2.05) is 60.7 Å². The number of carbonyl (C=O) groups excluding carboxylic acids is 1. The molecule has 3 nitrogen and oxygen atoms in total. The molecule has 2 aliphatic rings. The van der Waals surface area contributed by atoms with Crippen LogP contribution < -0.4 is 15.9 Å². The molecular formula is C29H23Cl2F3N2O. The van der Waals surface area contributed by atoms with Crippen molar-refractivity contribution in [3.8, 4) is 0 Å². The number of rotatable bonds is 4. The fourth-order valence-electron chi connectivity index (χ4n) is 4.99. The van der Waals surface area contributed by atoms with Gasteiger partial charge in [0.2, 0.25) is 0 Å². The van der Waals surface area contributed by atoms with E-state index in [0.717, 1.165) is 27.5 Å². The van der Waals surface area contributed by atoms with E-state index in [-0.39, 0.29) is 18.9 Å². The third-order valence-corrected chi connectivity index (χ3v) is 7.39. The first-order chi connectivity index (χ1) is 17.7. The van der Waals surface area contributed by atoms with E-state index >= 15 is 0 Å². The molecule has 0 saturated heterocycles. The maximum atomic E-state index is 13.1. The molecule has 8 heteroatoms. The molecule has 1 aliphatic heterocycles. The zero-order chi connectivity index (χ0) is 26.2. The van der Waals surface area contributed by atoms with Crippen molar-refractivity contribution in [1.82, 2.24) is 5.32 Å². The van der Waals surface area contributed by atoms with Gasteiger partial charge in [0.05, 0.1) is 11.3 Å². The Kier molecular flexibility index (Phi) is 7.15. The minimum absolute atomic E-state index is 0.0741. The number of amides is 1. The Morgan fingerprint density at radius 3 is 1.95 bits per heavy atom. The quantitative estimate of drug-likeness (QED) is 0.411. The van der Waals surface area contributed by atoms with Gasteiger partial charge in [-0.3, -0.25) is 4.79 Å². The van der Waals surface area contributed by atoms with Crippen molar-refractivity contribution in [3.05, 3.63) is 110 Å². The lowest BCUT2D eigenvalue weighted by Gasteiger charge is -2.31. The normalized spacial score (nSPS) is 19.5. The molecule has 0 atom stereocenters. The van der Waals surface area contributed by atoms with E-state index < -0.39 is 18.0 Å². The van der Waals surface area contributed by atoms with Crippen LogP contribution in [-0.4, -0.2) is 18.1 Å². The first kappa shape index (κ1) is 25.6. The number of alkyl halides is 3. The Morgan fingerprint density at radius 2 is 1.41 bits per heavy atom. The lowest BCUT2D eigenvalue weighted by atomic mass is 9.85. The standard InChI is InChI=1S/C29H23Cl2F3N2O/c30-21-8-1-17(2-9-21)28(18-3-10-22(31)11-4-18)19-5-14-25-24(15-19)26(16-27(37)36-25)35-23-12-6-20(7-13-23)29(32,33)34/h1-5,8-11,14-16,20,23,35H,6-7,12-13H2. The van der Waals surface area contributed by atoms with E-state index in [0.29, 0.717) is 33.9 Å². The van der Waals surface area contributed by atoms with Crippen LogP contribution in [0.4, 0.5) is 13.2 Å². The van der Waals surface area contributed by atoms with Crippen molar-refractivity contribution in [2.24, 2.45) is 10.9 Å². The van der Waals surface area contributed by atoms with Gasteiger partial charge in [0.15, 0.2) is 0 Å². The summed E-state index contributed by atoms with van der Waals surface area (Å²) in [5.41, 5.74) is 4.14. The Hall–Kier alpha value is -3.09. The van der Waals surface area contributed by atoms with Crippen molar-refractivity contribution >= 4 is 40.4 Å². The highest BCUT2D eigenvalue weighted by atomic mass is 35.5. The predicted molar refractivity (Wildman–Crippen MR) is 140 cm³/mol. The van der Waals surface area contributed by atoms with Crippen LogP contribution in [0.5, 0.6) is 0 Å². The lowest BCUT2D eigenvalue weighted by Crippen LogP contribution is -2.38. The van der Waals surface area contributed by atoms with E-state index in [2.05, 4.69) is 10.3 Å². The molecule has 1 aliphatic carbocycles. The van der Waals surface area contributed by atoms with E-state index in [1.54, 1.807) is 6.07 Å². The summed E-state index contributed by atoms with van der Waals surface area (Å²) in [5, 5.41) is 6.00. The lowest BCUT2D eigenvalue weighted by molar-refractivity contribution is -0.182. The number of fused-ring (bicyclic) bond motifs is 1. The molecule has 5 rings (SSSR count). The summed E-state index contributed by atoms with van der Waals surface area (Å²) < 4.78 is 39.3. The van der Waals surface area contributed by atoms with Crippen LogP contribution in [0.3, 0.4) is 0 Å². The highest BCUT2D eigenvalue weighted by Gasteiger charge is 2.41. The van der Waals surface area contributed by atoms with Crippen LogP contribution in [0.25, 0.3) is 11.3 Å². The molecule has 3 aromatic carbocycles. The minimum Gasteiger partial charge on any atom is -0.382 e. The van der Waals surface area contributed by atoms with Gasteiger partial charge in [-0.1, -0.05) is 53.5 Å². The number of nitrogens with zero attached hydrogens (tertiary/aromatic N) is 1. The van der Waals surface area contributed by atoms with Crippen LogP contribution in [0.2, 0.25) is 10.0 Å². The van der Waals surface area contributed by atoms with Crippen LogP contribution in [0.1, 0.15) is 42.4 Å². The molecular weight excluding hydrogens is 520 g/mol. The van der Waals surface area contributed by atoms with Crippen LogP contribution in [-0.2, 0) is 4.79 Å². The third kappa shape index (κ3) is 5.76. The summed E-state index contributed by atoms with van der Waals surface area (Å²) in [7, 11) is 0. The Morgan fingerprint density at radius 1 is 0.838 bits per heavy atom. The number of nitrogens with one attached hydrogen (secondary N) is 1. The molecule has 37 heavy (non-hydrogen) atoms. The maximum absolute atomic E-state index is 13.1. The number of hydrogen-bond donors (Lipinski definition) is 1. The van der Waals surface area contributed by atoms with E-state index in [4.69, 9.17) is 23.2 Å². The molecule has 1 N–H and O–H groups in total. The van der Waals surface area contributed by atoms with Crippen molar-refractivity contribution < 1.29 is 18.0 Å². The third-order valence-electron chi connectivity index (χ3n) is 6.89. The fourth-order valence-corrected chi connectivity index (χ4v) is 5.25. The van der Waals surface area contributed by atoms with Gasteiger partial charge in [0.25, 0.3) is 5.91 Å². The van der Waals surface area contributed by atoms with Crippen molar-refractivity contribution in [1.29, 1.82) is 0 Å². The molecule has 190 valence electrons. The summed E-state index contributed by atoms with van der Waals surface area (Å²) in [6, 6.07) is 20.6. The maximum Gasteiger partial charge on any atom is 0.391 e. The van der Waals surface area contributed by atoms with Crippen LogP contribution >= 0.6 is 23.2 Å². The number of carbonyl (C=O) groups is 1. The first-order valence-corrected chi connectivity index (χ1v) is 12.8. The molecule has 1 heterocycles. The zero-order valence-corrected chi connectivity index (χ0v) is 21.2. The molecule has 0 radical (unpaired) electrons. The number of halogens is 5. The zero-order valence-electron chi connectivity index (χ0n) is 19.7. The summed E-state index contributed by atoms with van der Waals surface area (Å²) in [6.45, 7) is 0. The molecule has 0 aromatic heterocycles. The number of hydrogen-bond acceptors (Lipinski definition) is 2.